The van der Waals surface area contributed by atoms with Gasteiger partial charge in [-0.2, -0.15) is 18.3 Å². The lowest BCUT2D eigenvalue weighted by Crippen LogP contribution is -2.51. The molecule has 3 aromatic rings. The molecule has 1 fully saturated rings. The molecule has 0 aliphatic carbocycles. The average Bonchev–Trinajstić information content (AvgIpc) is 3.27. The first-order valence-electron chi connectivity index (χ1n) is 11.2. The highest BCUT2D eigenvalue weighted by Gasteiger charge is 2.35. The van der Waals surface area contributed by atoms with Gasteiger partial charge in [-0.1, -0.05) is 30.3 Å². The molecular weight excluding hydrogens is 465 g/mol. The number of amides is 1. The number of alkyl halides is 3. The third-order valence-electron chi connectivity index (χ3n) is 5.98. The van der Waals surface area contributed by atoms with Crippen LogP contribution in [0.3, 0.4) is 0 Å². The van der Waals surface area contributed by atoms with Gasteiger partial charge in [0.2, 0.25) is 5.88 Å². The van der Waals surface area contributed by atoms with Gasteiger partial charge in [0.05, 0.1) is 55.8 Å². The van der Waals surface area contributed by atoms with E-state index in [1.54, 1.807) is 4.90 Å². The minimum atomic E-state index is -4.48. The maximum atomic E-state index is 13.9. The maximum Gasteiger partial charge on any atom is 0.417 e. The molecule has 4 heterocycles. The number of benzene rings is 1. The zero-order valence-corrected chi connectivity index (χ0v) is 18.7. The van der Waals surface area contributed by atoms with Crippen molar-refractivity contribution in [2.24, 2.45) is 0 Å². The lowest BCUT2D eigenvalue weighted by atomic mass is 10.0. The van der Waals surface area contributed by atoms with Crippen molar-refractivity contribution in [1.82, 2.24) is 19.7 Å². The number of morpholine rings is 1. The van der Waals surface area contributed by atoms with Gasteiger partial charge in [0.15, 0.2) is 0 Å². The predicted molar refractivity (Wildman–Crippen MR) is 118 cm³/mol. The molecule has 8 nitrogen and oxygen atoms in total. The van der Waals surface area contributed by atoms with Gasteiger partial charge >= 0.3 is 6.18 Å². The van der Waals surface area contributed by atoms with Crippen LogP contribution in [0.4, 0.5) is 13.2 Å². The van der Waals surface area contributed by atoms with E-state index < -0.39 is 17.8 Å². The van der Waals surface area contributed by atoms with E-state index in [0.29, 0.717) is 37.6 Å². The van der Waals surface area contributed by atoms with Gasteiger partial charge in [0, 0.05) is 24.4 Å². The third kappa shape index (κ3) is 4.87. The van der Waals surface area contributed by atoms with Gasteiger partial charge < -0.3 is 19.1 Å². The summed E-state index contributed by atoms with van der Waals surface area (Å²) in [4.78, 5) is 19.3. The number of halogens is 3. The molecule has 2 aliphatic heterocycles. The van der Waals surface area contributed by atoms with Crippen molar-refractivity contribution in [3.63, 3.8) is 0 Å². The number of pyridine rings is 1. The molecule has 2 aromatic heterocycles. The van der Waals surface area contributed by atoms with Crippen LogP contribution in [0.25, 0.3) is 11.3 Å². The number of fused-ring (bicyclic) bond motifs is 1. The standard InChI is InChI=1S/C24H23F3N4O4/c25-24(26,27)17-6-7-20(28-12-17)35-14-18-13-33-10-8-30(18)23(32)21-19-15-34-11-9-31(19)29-22(21)16-4-2-1-3-5-16/h1-7,12,18H,8-11,13-15H2/t18-/m0/s1. The molecule has 184 valence electrons. The first-order valence-corrected chi connectivity index (χ1v) is 11.2. The molecule has 1 amide bonds. The van der Waals surface area contributed by atoms with Crippen LogP contribution in [-0.2, 0) is 28.8 Å². The molecule has 0 radical (unpaired) electrons. The monoisotopic (exact) mass is 488 g/mol. The number of aromatic nitrogens is 3. The van der Waals surface area contributed by atoms with Crippen LogP contribution in [0.5, 0.6) is 5.88 Å². The summed E-state index contributed by atoms with van der Waals surface area (Å²) < 4.78 is 57.0. The quantitative estimate of drug-likeness (QED) is 0.548. The largest absolute Gasteiger partial charge is 0.475 e. The molecule has 1 atom stereocenters. The number of rotatable bonds is 5. The molecule has 11 heteroatoms. The predicted octanol–water partition coefficient (Wildman–Crippen LogP) is 3.41. The van der Waals surface area contributed by atoms with Gasteiger partial charge in [-0.05, 0) is 6.07 Å². The van der Waals surface area contributed by atoms with Crippen LogP contribution in [-0.4, -0.2) is 64.6 Å². The van der Waals surface area contributed by atoms with Crippen LogP contribution >= 0.6 is 0 Å². The summed E-state index contributed by atoms with van der Waals surface area (Å²) in [6.07, 6.45) is -3.75. The van der Waals surface area contributed by atoms with Gasteiger partial charge in [-0.25, -0.2) is 4.98 Å². The minimum Gasteiger partial charge on any atom is -0.475 e. The number of carbonyl (C=O) groups is 1. The second-order valence-electron chi connectivity index (χ2n) is 8.23. The summed E-state index contributed by atoms with van der Waals surface area (Å²) in [5.74, 6) is -0.176. The zero-order chi connectivity index (χ0) is 24.4. The van der Waals surface area contributed by atoms with E-state index in [9.17, 15) is 18.0 Å². The van der Waals surface area contributed by atoms with E-state index in [4.69, 9.17) is 19.3 Å². The van der Waals surface area contributed by atoms with Crippen molar-refractivity contribution in [3.8, 4) is 17.1 Å². The fourth-order valence-corrected chi connectivity index (χ4v) is 4.19. The zero-order valence-electron chi connectivity index (χ0n) is 18.7. The smallest absolute Gasteiger partial charge is 0.417 e. The van der Waals surface area contributed by atoms with E-state index in [1.165, 1.54) is 0 Å². The molecule has 0 spiro atoms. The second kappa shape index (κ2) is 9.67. The summed E-state index contributed by atoms with van der Waals surface area (Å²) in [6, 6.07) is 11.1. The van der Waals surface area contributed by atoms with E-state index in [-0.39, 0.29) is 31.6 Å². The Hall–Kier alpha value is -3.44. The fraction of sp³-hybridized carbons (Fsp3) is 0.375. The van der Waals surface area contributed by atoms with Crippen LogP contribution in [0.1, 0.15) is 21.6 Å². The first kappa shape index (κ1) is 23.3. The SMILES string of the molecule is O=C(c1c(-c2ccccc2)nn2c1COCC2)N1CCOC[C@H]1COc1ccc(C(F)(F)F)cn1. The van der Waals surface area contributed by atoms with Crippen LogP contribution < -0.4 is 4.74 Å². The Bertz CT molecular complexity index is 1180. The van der Waals surface area contributed by atoms with E-state index in [1.807, 2.05) is 35.0 Å². The number of nitrogens with zero attached hydrogens (tertiary/aromatic N) is 4. The summed E-state index contributed by atoms with van der Waals surface area (Å²) in [5.41, 5.74) is 1.76. The lowest BCUT2D eigenvalue weighted by molar-refractivity contribution is -0.137. The van der Waals surface area contributed by atoms with E-state index >= 15 is 0 Å². The van der Waals surface area contributed by atoms with Gasteiger partial charge in [-0.15, -0.1) is 0 Å². The molecule has 1 saturated heterocycles. The van der Waals surface area contributed by atoms with Gasteiger partial charge in [0.1, 0.15) is 12.3 Å². The molecule has 0 N–H and O–H groups in total. The molecule has 2 aliphatic rings. The third-order valence-corrected chi connectivity index (χ3v) is 5.98. The van der Waals surface area contributed by atoms with Crippen molar-refractivity contribution in [2.75, 3.05) is 33.0 Å². The number of hydrogen-bond acceptors (Lipinski definition) is 6. The van der Waals surface area contributed by atoms with Crippen molar-refractivity contribution in [1.29, 1.82) is 0 Å². The number of ether oxygens (including phenoxy) is 3. The molecule has 35 heavy (non-hydrogen) atoms. The lowest BCUT2D eigenvalue weighted by Gasteiger charge is -2.35. The highest BCUT2D eigenvalue weighted by atomic mass is 19.4. The Labute approximate surface area is 199 Å². The van der Waals surface area contributed by atoms with Crippen LogP contribution in [0.2, 0.25) is 0 Å². The van der Waals surface area contributed by atoms with Crippen molar-refractivity contribution >= 4 is 5.91 Å². The van der Waals surface area contributed by atoms with Crippen molar-refractivity contribution < 1.29 is 32.2 Å². The normalized spacial score (nSPS) is 18.3. The van der Waals surface area contributed by atoms with Crippen LogP contribution in [0.15, 0.2) is 48.7 Å². The second-order valence-corrected chi connectivity index (χ2v) is 8.23. The Kier molecular flexibility index (Phi) is 6.44. The van der Waals surface area contributed by atoms with Crippen LogP contribution in [0, 0.1) is 0 Å². The summed E-state index contributed by atoms with van der Waals surface area (Å²) in [5, 5.41) is 4.71. The Morgan fingerprint density at radius 2 is 1.89 bits per heavy atom. The van der Waals surface area contributed by atoms with Crippen molar-refractivity contribution in [2.45, 2.75) is 25.4 Å². The van der Waals surface area contributed by atoms with Crippen molar-refractivity contribution in [3.05, 3.63) is 65.5 Å². The van der Waals surface area contributed by atoms with Gasteiger partial charge in [-0.3, -0.25) is 9.48 Å². The number of carbonyl (C=O) groups excluding carboxylic acids is 1. The highest BCUT2D eigenvalue weighted by Crippen LogP contribution is 2.31. The Balaban J connectivity index is 1.39. The Morgan fingerprint density at radius 1 is 1.09 bits per heavy atom. The average molecular weight is 488 g/mol. The van der Waals surface area contributed by atoms with E-state index in [2.05, 4.69) is 4.98 Å². The first-order chi connectivity index (χ1) is 16.9. The topological polar surface area (TPSA) is 78.7 Å². The highest BCUT2D eigenvalue weighted by molar-refractivity contribution is 6.01. The molecule has 0 bridgehead atoms. The van der Waals surface area contributed by atoms with E-state index in [0.717, 1.165) is 29.6 Å². The molecule has 0 unspecified atom stereocenters. The molecule has 1 aromatic carbocycles. The number of hydrogen-bond donors (Lipinski definition) is 0. The fourth-order valence-electron chi connectivity index (χ4n) is 4.19. The molecule has 5 rings (SSSR count). The minimum absolute atomic E-state index is 0.0186. The summed E-state index contributed by atoms with van der Waals surface area (Å²) in [6.45, 7) is 2.30. The van der Waals surface area contributed by atoms with Gasteiger partial charge in [0.25, 0.3) is 5.91 Å². The maximum absolute atomic E-state index is 13.9. The molecular formula is C24H23F3N4O4. The molecule has 0 saturated carbocycles. The summed E-state index contributed by atoms with van der Waals surface area (Å²) in [7, 11) is 0. The Morgan fingerprint density at radius 3 is 2.63 bits per heavy atom. The summed E-state index contributed by atoms with van der Waals surface area (Å²) >= 11 is 0.